The summed E-state index contributed by atoms with van der Waals surface area (Å²) < 4.78 is 31.8. The Morgan fingerprint density at radius 1 is 1.14 bits per heavy atom. The van der Waals surface area contributed by atoms with Gasteiger partial charge in [-0.1, -0.05) is 23.8 Å². The number of nitrogens with one attached hydrogen (secondary N) is 1. The number of hydrogen-bond donors (Lipinski definition) is 1. The van der Waals surface area contributed by atoms with E-state index in [1.54, 1.807) is 42.5 Å². The lowest BCUT2D eigenvalue weighted by atomic mass is 10.2. The molecule has 2 rings (SSSR count). The monoisotopic (exact) mass is 337 g/mol. The summed E-state index contributed by atoms with van der Waals surface area (Å²) in [6.07, 6.45) is 0. The highest BCUT2D eigenvalue weighted by Gasteiger charge is 2.16. The maximum absolute atomic E-state index is 12.2. The number of carbonyl (C=O) groups excluding carboxylic acids is 1. The Morgan fingerprint density at radius 2 is 1.82 bits per heavy atom. The van der Waals surface area contributed by atoms with Gasteiger partial charge in [-0.3, -0.25) is 0 Å². The lowest BCUT2D eigenvalue weighted by Gasteiger charge is -2.08. The van der Waals surface area contributed by atoms with E-state index in [2.05, 4.69) is 9.46 Å². The number of esters is 1. The Labute approximate surface area is 133 Å². The van der Waals surface area contributed by atoms with Crippen molar-refractivity contribution < 1.29 is 17.9 Å². The fraction of sp³-hybridized carbons (Fsp3) is 0.133. The standard InChI is InChI=1S/C15H15NO4S2/c1-11-6-8-14(9-7-11)22(18,19)21-16-13-5-3-4-12(10-13)15(17)20-2/h3-10,16H,1-2H3. The maximum atomic E-state index is 12.2. The highest BCUT2D eigenvalue weighted by molar-refractivity contribution is 8.72. The van der Waals surface area contributed by atoms with Crippen LogP contribution in [0, 0.1) is 6.92 Å². The maximum Gasteiger partial charge on any atom is 0.337 e. The number of ether oxygens (including phenoxy) is 1. The zero-order chi connectivity index (χ0) is 16.2. The third kappa shape index (κ3) is 4.02. The molecule has 0 unspecified atom stereocenters. The van der Waals surface area contributed by atoms with E-state index in [0.29, 0.717) is 22.2 Å². The highest BCUT2D eigenvalue weighted by Crippen LogP contribution is 2.25. The second kappa shape index (κ2) is 6.85. The van der Waals surface area contributed by atoms with Crippen LogP contribution in [0.2, 0.25) is 0 Å². The second-order valence-corrected chi connectivity index (χ2v) is 8.09. The van der Waals surface area contributed by atoms with Crippen LogP contribution in [0.25, 0.3) is 0 Å². The first-order valence-electron chi connectivity index (χ1n) is 6.37. The molecule has 1 N–H and O–H groups in total. The number of benzene rings is 2. The molecule has 0 fully saturated rings. The molecule has 116 valence electrons. The van der Waals surface area contributed by atoms with Gasteiger partial charge in [0.25, 0.3) is 0 Å². The number of carbonyl (C=O) groups is 1. The van der Waals surface area contributed by atoms with Crippen LogP contribution in [0.4, 0.5) is 5.69 Å². The van der Waals surface area contributed by atoms with E-state index < -0.39 is 14.8 Å². The van der Waals surface area contributed by atoms with E-state index in [9.17, 15) is 13.2 Å². The van der Waals surface area contributed by atoms with Gasteiger partial charge in [-0.15, -0.1) is 0 Å². The number of rotatable bonds is 5. The zero-order valence-corrected chi connectivity index (χ0v) is 13.7. The molecule has 0 spiro atoms. The Hall–Kier alpha value is -1.99. The third-order valence-corrected chi connectivity index (χ3v) is 5.74. The van der Waals surface area contributed by atoms with Gasteiger partial charge in [0, 0.05) is 5.69 Å². The molecule has 0 heterocycles. The normalized spacial score (nSPS) is 11.0. The lowest BCUT2D eigenvalue weighted by molar-refractivity contribution is 0.0601. The van der Waals surface area contributed by atoms with E-state index in [1.165, 1.54) is 13.2 Å². The molecule has 0 aromatic heterocycles. The van der Waals surface area contributed by atoms with Crippen molar-refractivity contribution in [2.75, 3.05) is 11.8 Å². The van der Waals surface area contributed by atoms with E-state index in [4.69, 9.17) is 0 Å². The summed E-state index contributed by atoms with van der Waals surface area (Å²) in [5, 5.41) is 0. The van der Waals surface area contributed by atoms with Crippen LogP contribution in [0.15, 0.2) is 53.4 Å². The van der Waals surface area contributed by atoms with Crippen molar-refractivity contribution in [3.63, 3.8) is 0 Å². The van der Waals surface area contributed by atoms with Crippen LogP contribution >= 0.6 is 11.0 Å². The molecule has 0 aliphatic heterocycles. The Morgan fingerprint density at radius 3 is 2.45 bits per heavy atom. The molecule has 0 atom stereocenters. The Kier molecular flexibility index (Phi) is 5.10. The van der Waals surface area contributed by atoms with Crippen molar-refractivity contribution in [2.24, 2.45) is 0 Å². The van der Waals surface area contributed by atoms with Crippen molar-refractivity contribution in [3.8, 4) is 0 Å². The molecule has 7 heteroatoms. The van der Waals surface area contributed by atoms with E-state index >= 15 is 0 Å². The molecule has 0 bridgehead atoms. The SMILES string of the molecule is COC(=O)c1cccc(NSS(=O)(=O)c2ccc(C)cc2)c1. The number of anilines is 1. The minimum atomic E-state index is -3.52. The largest absolute Gasteiger partial charge is 0.465 e. The van der Waals surface area contributed by atoms with E-state index in [-0.39, 0.29) is 4.90 Å². The number of methoxy groups -OCH3 is 1. The summed E-state index contributed by atoms with van der Waals surface area (Å²) in [6, 6.07) is 13.0. The first kappa shape index (κ1) is 16.4. The van der Waals surface area contributed by atoms with Gasteiger partial charge < -0.3 is 9.46 Å². The predicted molar refractivity (Wildman–Crippen MR) is 87.4 cm³/mol. The fourth-order valence-electron chi connectivity index (χ4n) is 1.68. The minimum absolute atomic E-state index is 0.222. The van der Waals surface area contributed by atoms with Gasteiger partial charge >= 0.3 is 5.97 Å². The molecule has 0 saturated carbocycles. The molecule has 0 aliphatic rings. The lowest BCUT2D eigenvalue weighted by Crippen LogP contribution is -2.03. The number of aryl methyl sites for hydroxylation is 1. The van der Waals surface area contributed by atoms with Crippen LogP contribution in [-0.4, -0.2) is 21.5 Å². The smallest absolute Gasteiger partial charge is 0.337 e. The van der Waals surface area contributed by atoms with Crippen LogP contribution in [0.5, 0.6) is 0 Å². The van der Waals surface area contributed by atoms with Gasteiger partial charge in [-0.2, -0.15) is 0 Å². The van der Waals surface area contributed by atoms with Gasteiger partial charge in [0.05, 0.1) is 28.5 Å². The van der Waals surface area contributed by atoms with Crippen molar-refractivity contribution in [2.45, 2.75) is 11.8 Å². The third-order valence-electron chi connectivity index (χ3n) is 2.86. The second-order valence-electron chi connectivity index (χ2n) is 4.52. The highest BCUT2D eigenvalue weighted by atomic mass is 33.1. The van der Waals surface area contributed by atoms with Crippen molar-refractivity contribution in [3.05, 3.63) is 59.7 Å². The van der Waals surface area contributed by atoms with Gasteiger partial charge in [-0.25, -0.2) is 13.2 Å². The van der Waals surface area contributed by atoms with Crippen LogP contribution in [0.1, 0.15) is 15.9 Å². The van der Waals surface area contributed by atoms with Crippen LogP contribution in [-0.2, 0) is 13.6 Å². The molecule has 0 aliphatic carbocycles. The molecule has 0 saturated heterocycles. The summed E-state index contributed by atoms with van der Waals surface area (Å²) in [5.74, 6) is -0.477. The summed E-state index contributed by atoms with van der Waals surface area (Å²) in [5.41, 5.74) is 1.84. The topological polar surface area (TPSA) is 72.5 Å². The Balaban J connectivity index is 2.12. The summed E-state index contributed by atoms with van der Waals surface area (Å²) in [6.45, 7) is 1.89. The van der Waals surface area contributed by atoms with Gasteiger partial charge in [0.2, 0.25) is 8.87 Å². The quantitative estimate of drug-likeness (QED) is 0.513. The number of hydrogen-bond acceptors (Lipinski definition) is 6. The predicted octanol–water partition coefficient (Wildman–Crippen LogP) is 3.23. The molecule has 0 amide bonds. The van der Waals surface area contributed by atoms with Gasteiger partial charge in [-0.05, 0) is 37.3 Å². The molecule has 2 aromatic carbocycles. The molecular weight excluding hydrogens is 322 g/mol. The molecule has 5 nitrogen and oxygen atoms in total. The van der Waals surface area contributed by atoms with Crippen molar-refractivity contribution >= 4 is 31.5 Å². The van der Waals surface area contributed by atoms with Crippen molar-refractivity contribution in [1.29, 1.82) is 0 Å². The first-order valence-corrected chi connectivity index (χ1v) is 9.18. The molecule has 0 radical (unpaired) electrons. The fourth-order valence-corrected chi connectivity index (χ4v) is 3.82. The van der Waals surface area contributed by atoms with Gasteiger partial charge in [0.15, 0.2) is 0 Å². The van der Waals surface area contributed by atoms with E-state index in [0.717, 1.165) is 5.56 Å². The molecule has 22 heavy (non-hydrogen) atoms. The average molecular weight is 337 g/mol. The summed E-state index contributed by atoms with van der Waals surface area (Å²) in [7, 11) is -1.64. The molecular formula is C15H15NO4S2. The van der Waals surface area contributed by atoms with Crippen LogP contribution < -0.4 is 4.72 Å². The Bertz CT molecular complexity index is 770. The van der Waals surface area contributed by atoms with Crippen LogP contribution in [0.3, 0.4) is 0 Å². The first-order chi connectivity index (χ1) is 10.4. The zero-order valence-electron chi connectivity index (χ0n) is 12.1. The van der Waals surface area contributed by atoms with Gasteiger partial charge in [0.1, 0.15) is 0 Å². The van der Waals surface area contributed by atoms with Crippen molar-refractivity contribution in [1.82, 2.24) is 0 Å². The average Bonchev–Trinajstić information content (AvgIpc) is 2.53. The van der Waals surface area contributed by atoms with E-state index in [1.807, 2.05) is 6.92 Å². The summed E-state index contributed by atoms with van der Waals surface area (Å²) >= 11 is 0. The summed E-state index contributed by atoms with van der Waals surface area (Å²) in [4.78, 5) is 11.7. The minimum Gasteiger partial charge on any atom is -0.465 e. The molecule has 2 aromatic rings.